The van der Waals surface area contributed by atoms with Crippen molar-refractivity contribution in [1.82, 2.24) is 0 Å². The molecule has 0 aliphatic rings. The lowest BCUT2D eigenvalue weighted by atomic mass is 10.1. The molecule has 0 atom stereocenters. The van der Waals surface area contributed by atoms with Gasteiger partial charge in [0.15, 0.2) is 12.4 Å². The third-order valence-electron chi connectivity index (χ3n) is 3.46. The zero-order valence-electron chi connectivity index (χ0n) is 12.9. The summed E-state index contributed by atoms with van der Waals surface area (Å²) in [6.45, 7) is 4.06. The Balaban J connectivity index is 0.00000192. The Hall–Kier alpha value is -2.27. The smallest absolute Gasteiger partial charge is 0.347 e. The van der Waals surface area contributed by atoms with Gasteiger partial charge < -0.3 is 21.4 Å². The fourth-order valence-corrected chi connectivity index (χ4v) is 2.59. The molecular weight excluding hydrogens is 358 g/mol. The molecule has 3 aromatic rings. The number of para-hydroxylation sites is 1. The Morgan fingerprint density at radius 3 is 2.43 bits per heavy atom. The van der Waals surface area contributed by atoms with E-state index in [1.165, 1.54) is 0 Å². The monoisotopic (exact) mass is 373 g/mol. The van der Waals surface area contributed by atoms with Gasteiger partial charge in [0.25, 0.3) is 0 Å². The van der Waals surface area contributed by atoms with Gasteiger partial charge in [-0.2, -0.15) is 4.57 Å². The average molecular weight is 374 g/mol. The highest BCUT2D eigenvalue weighted by atomic mass is 79.9. The average Bonchev–Trinajstić information content (AvgIpc) is 2.45. The predicted octanol–water partition coefficient (Wildman–Crippen LogP) is -0.416. The Bertz CT molecular complexity index is 911. The van der Waals surface area contributed by atoms with Crippen LogP contribution in [-0.2, 0) is 6.54 Å². The standard InChI is InChI=1S/C18H16NO3.BrH/c1-12-7-13(2)10-19(9-12)11-16(20)15-8-14-5-3-4-6-17(14)22-18(15)21;/h3-10H,11H2,1-2H3;1H/q+1;/p-1. The molecule has 5 heteroatoms. The third kappa shape index (κ3) is 3.74. The van der Waals surface area contributed by atoms with Gasteiger partial charge in [0.2, 0.25) is 12.3 Å². The summed E-state index contributed by atoms with van der Waals surface area (Å²) >= 11 is 0. The second-order valence-electron chi connectivity index (χ2n) is 5.47. The van der Waals surface area contributed by atoms with Crippen LogP contribution in [0.4, 0.5) is 0 Å². The minimum atomic E-state index is -0.589. The van der Waals surface area contributed by atoms with Gasteiger partial charge in [-0.05, 0) is 32.0 Å². The number of ketones is 1. The van der Waals surface area contributed by atoms with Crippen LogP contribution >= 0.6 is 0 Å². The van der Waals surface area contributed by atoms with Crippen LogP contribution in [0.1, 0.15) is 21.5 Å². The van der Waals surface area contributed by atoms with Crippen LogP contribution in [0.5, 0.6) is 0 Å². The lowest BCUT2D eigenvalue weighted by molar-refractivity contribution is -0.683. The summed E-state index contributed by atoms with van der Waals surface area (Å²) < 4.78 is 7.01. The summed E-state index contributed by atoms with van der Waals surface area (Å²) in [4.78, 5) is 24.4. The van der Waals surface area contributed by atoms with Crippen molar-refractivity contribution >= 4 is 16.8 Å². The SMILES string of the molecule is Cc1cc(C)c[n+](CC(=O)c2cc3ccccc3oc2=O)c1.[Br-]. The van der Waals surface area contributed by atoms with Crippen LogP contribution in [0, 0.1) is 13.8 Å². The Morgan fingerprint density at radius 1 is 1.09 bits per heavy atom. The van der Waals surface area contributed by atoms with Crippen molar-refractivity contribution in [2.45, 2.75) is 20.4 Å². The normalized spacial score (nSPS) is 10.3. The number of fused-ring (bicyclic) bond motifs is 1. The van der Waals surface area contributed by atoms with Crippen LogP contribution < -0.4 is 27.2 Å². The van der Waals surface area contributed by atoms with E-state index in [0.29, 0.717) is 5.58 Å². The van der Waals surface area contributed by atoms with Crippen molar-refractivity contribution in [3.8, 4) is 0 Å². The Kier molecular flexibility index (Phi) is 5.11. The van der Waals surface area contributed by atoms with E-state index in [1.807, 2.05) is 44.4 Å². The number of Topliss-reactive ketones (excluding diaryl/α,β-unsaturated/α-hetero) is 1. The van der Waals surface area contributed by atoms with Crippen molar-refractivity contribution in [2.24, 2.45) is 0 Å². The van der Waals surface area contributed by atoms with Gasteiger partial charge in [0.05, 0.1) is 0 Å². The summed E-state index contributed by atoms with van der Waals surface area (Å²) in [7, 11) is 0. The van der Waals surface area contributed by atoms with Crippen molar-refractivity contribution in [3.63, 3.8) is 0 Å². The van der Waals surface area contributed by atoms with E-state index in [9.17, 15) is 9.59 Å². The van der Waals surface area contributed by atoms with Gasteiger partial charge in [-0.3, -0.25) is 4.79 Å². The topological polar surface area (TPSA) is 51.2 Å². The number of halogens is 1. The van der Waals surface area contributed by atoms with E-state index in [1.54, 1.807) is 22.8 Å². The van der Waals surface area contributed by atoms with Crippen LogP contribution in [-0.4, -0.2) is 5.78 Å². The molecule has 0 saturated carbocycles. The van der Waals surface area contributed by atoms with Crippen LogP contribution in [0.3, 0.4) is 0 Å². The third-order valence-corrected chi connectivity index (χ3v) is 3.46. The van der Waals surface area contributed by atoms with Crippen LogP contribution in [0.25, 0.3) is 11.0 Å². The molecule has 0 spiro atoms. The number of aromatic nitrogens is 1. The maximum atomic E-state index is 12.4. The first kappa shape index (κ1) is 17.1. The summed E-state index contributed by atoms with van der Waals surface area (Å²) in [5.74, 6) is -0.255. The molecule has 2 heterocycles. The molecule has 4 nitrogen and oxygen atoms in total. The Morgan fingerprint density at radius 2 is 1.74 bits per heavy atom. The van der Waals surface area contributed by atoms with E-state index in [-0.39, 0.29) is 34.9 Å². The molecule has 118 valence electrons. The zero-order chi connectivity index (χ0) is 15.7. The lowest BCUT2D eigenvalue weighted by Crippen LogP contribution is -3.00. The summed E-state index contributed by atoms with van der Waals surface area (Å²) in [6.07, 6.45) is 3.77. The highest BCUT2D eigenvalue weighted by Gasteiger charge is 2.18. The number of rotatable bonds is 3. The van der Waals surface area contributed by atoms with Gasteiger partial charge in [-0.15, -0.1) is 0 Å². The molecule has 0 aliphatic heterocycles. The van der Waals surface area contributed by atoms with Gasteiger partial charge in [0, 0.05) is 16.5 Å². The van der Waals surface area contributed by atoms with Gasteiger partial charge in [-0.25, -0.2) is 4.79 Å². The summed E-state index contributed by atoms with van der Waals surface area (Å²) in [5, 5.41) is 0.746. The molecule has 2 aromatic heterocycles. The molecule has 0 aliphatic carbocycles. The maximum absolute atomic E-state index is 12.4. The summed E-state index contributed by atoms with van der Waals surface area (Å²) in [5.41, 5.74) is 2.12. The van der Waals surface area contributed by atoms with Crippen LogP contribution in [0.15, 0.2) is 58.0 Å². The molecular formula is C18H16BrNO3. The fourth-order valence-electron chi connectivity index (χ4n) is 2.59. The quantitative estimate of drug-likeness (QED) is 0.356. The summed E-state index contributed by atoms with van der Waals surface area (Å²) in [6, 6.07) is 10.8. The molecule has 0 saturated heterocycles. The molecule has 0 unspecified atom stereocenters. The van der Waals surface area contributed by atoms with E-state index < -0.39 is 5.63 Å². The largest absolute Gasteiger partial charge is 1.00 e. The van der Waals surface area contributed by atoms with Crippen LogP contribution in [0.2, 0.25) is 0 Å². The molecule has 0 N–H and O–H groups in total. The first-order valence-corrected chi connectivity index (χ1v) is 7.06. The molecule has 0 amide bonds. The number of pyridine rings is 1. The predicted molar refractivity (Wildman–Crippen MR) is 82.9 cm³/mol. The maximum Gasteiger partial charge on any atom is 0.347 e. The second kappa shape index (κ2) is 6.87. The molecule has 23 heavy (non-hydrogen) atoms. The van der Waals surface area contributed by atoms with Crippen molar-refractivity contribution < 1.29 is 30.8 Å². The van der Waals surface area contributed by atoms with Gasteiger partial charge in [0.1, 0.15) is 11.1 Å². The molecule has 0 bridgehead atoms. The van der Waals surface area contributed by atoms with Crippen molar-refractivity contribution in [2.75, 3.05) is 0 Å². The molecule has 0 radical (unpaired) electrons. The highest BCUT2D eigenvalue weighted by molar-refractivity contribution is 5.97. The van der Waals surface area contributed by atoms with E-state index in [2.05, 4.69) is 0 Å². The van der Waals surface area contributed by atoms with E-state index >= 15 is 0 Å². The first-order valence-electron chi connectivity index (χ1n) is 7.06. The van der Waals surface area contributed by atoms with Crippen molar-refractivity contribution in [3.05, 3.63) is 75.9 Å². The van der Waals surface area contributed by atoms with E-state index in [0.717, 1.165) is 16.5 Å². The molecule has 1 aromatic carbocycles. The van der Waals surface area contributed by atoms with E-state index in [4.69, 9.17) is 4.42 Å². The van der Waals surface area contributed by atoms with Gasteiger partial charge in [-0.1, -0.05) is 18.2 Å². The minimum Gasteiger partial charge on any atom is -1.00 e. The molecule has 0 fully saturated rings. The van der Waals surface area contributed by atoms with Crippen molar-refractivity contribution in [1.29, 1.82) is 0 Å². The number of nitrogens with zero attached hydrogens (tertiary/aromatic N) is 1. The molecule has 3 rings (SSSR count). The first-order chi connectivity index (χ1) is 10.5. The number of hydrogen-bond donors (Lipinski definition) is 0. The number of aryl methyl sites for hydroxylation is 2. The van der Waals surface area contributed by atoms with Gasteiger partial charge >= 0.3 is 5.63 Å². The lowest BCUT2D eigenvalue weighted by Gasteiger charge is -2.01. The second-order valence-corrected chi connectivity index (χ2v) is 5.47. The highest BCUT2D eigenvalue weighted by Crippen LogP contribution is 2.12. The minimum absolute atomic E-state index is 0. The number of hydrogen-bond acceptors (Lipinski definition) is 3. The Labute approximate surface area is 144 Å². The number of carbonyl (C=O) groups excluding carboxylic acids is 1. The number of carbonyl (C=O) groups is 1. The zero-order valence-corrected chi connectivity index (χ0v) is 14.5. The number of benzene rings is 1. The fraction of sp³-hybridized carbons (Fsp3) is 0.167.